The molecule has 1 aliphatic carbocycles. The molecule has 18 heavy (non-hydrogen) atoms. The van der Waals surface area contributed by atoms with Gasteiger partial charge in [0.15, 0.2) is 0 Å². The maximum Gasteiger partial charge on any atom is 0.337 e. The van der Waals surface area contributed by atoms with E-state index in [0.717, 1.165) is 19.1 Å². The zero-order valence-electron chi connectivity index (χ0n) is 10.1. The van der Waals surface area contributed by atoms with Crippen molar-refractivity contribution in [2.24, 2.45) is 5.92 Å². The van der Waals surface area contributed by atoms with Crippen LogP contribution in [0.2, 0.25) is 0 Å². The third-order valence-electron chi connectivity index (χ3n) is 2.71. The lowest BCUT2D eigenvalue weighted by Crippen LogP contribution is -2.10. The van der Waals surface area contributed by atoms with Gasteiger partial charge in [0.05, 0.1) is 17.1 Å². The van der Waals surface area contributed by atoms with E-state index in [1.165, 1.54) is 31.7 Å². The standard InChI is InChI=1S/C8H7BrO3.C5H8O/c1-12-8(11)5-2-3-7(10)6(9)4-5;6-4-5-2-1-3-5/h2-4,10H,1H3;4-5H,1-3H2. The Bertz CT molecular complexity index is 427. The van der Waals surface area contributed by atoms with Gasteiger partial charge in [-0.25, -0.2) is 4.79 Å². The highest BCUT2D eigenvalue weighted by molar-refractivity contribution is 9.10. The van der Waals surface area contributed by atoms with Gasteiger partial charge < -0.3 is 14.6 Å². The maximum atomic E-state index is 11.0. The number of rotatable bonds is 2. The summed E-state index contributed by atoms with van der Waals surface area (Å²) < 4.78 is 4.97. The van der Waals surface area contributed by atoms with Crippen LogP contribution in [0.25, 0.3) is 0 Å². The molecule has 1 aromatic rings. The van der Waals surface area contributed by atoms with Crippen LogP contribution in [0.5, 0.6) is 5.75 Å². The van der Waals surface area contributed by atoms with Crippen LogP contribution in [-0.4, -0.2) is 24.5 Å². The number of benzene rings is 1. The van der Waals surface area contributed by atoms with Gasteiger partial charge >= 0.3 is 5.97 Å². The molecule has 1 fully saturated rings. The number of methoxy groups -OCH3 is 1. The summed E-state index contributed by atoms with van der Waals surface area (Å²) in [7, 11) is 1.31. The van der Waals surface area contributed by atoms with Gasteiger partial charge in [0.2, 0.25) is 0 Å². The predicted octanol–water partition coefficient (Wildman–Crippen LogP) is 2.93. The average molecular weight is 315 g/mol. The first kappa shape index (κ1) is 14.7. The first-order valence-corrected chi connectivity index (χ1v) is 6.40. The summed E-state index contributed by atoms with van der Waals surface area (Å²) in [5.74, 6) is 0.114. The summed E-state index contributed by atoms with van der Waals surface area (Å²) in [5.41, 5.74) is 0.405. The van der Waals surface area contributed by atoms with Gasteiger partial charge in [0.1, 0.15) is 12.0 Å². The molecule has 0 radical (unpaired) electrons. The number of halogens is 1. The summed E-state index contributed by atoms with van der Waals surface area (Å²) >= 11 is 3.09. The van der Waals surface area contributed by atoms with E-state index < -0.39 is 5.97 Å². The van der Waals surface area contributed by atoms with Crippen LogP contribution in [0.1, 0.15) is 29.6 Å². The third-order valence-corrected chi connectivity index (χ3v) is 3.35. The Balaban J connectivity index is 0.000000225. The molecule has 0 saturated heterocycles. The molecule has 0 spiro atoms. The molecule has 1 aromatic carbocycles. The minimum absolute atomic E-state index is 0.0997. The third kappa shape index (κ3) is 4.14. The smallest absolute Gasteiger partial charge is 0.337 e. The number of ether oxygens (including phenoxy) is 1. The number of aldehydes is 1. The number of carbonyl (C=O) groups excluding carboxylic acids is 2. The molecule has 0 heterocycles. The molecular weight excluding hydrogens is 300 g/mol. The molecule has 1 N–H and O–H groups in total. The van der Waals surface area contributed by atoms with E-state index in [1.807, 2.05) is 0 Å². The predicted molar refractivity (Wildman–Crippen MR) is 70.6 cm³/mol. The Morgan fingerprint density at radius 1 is 1.50 bits per heavy atom. The van der Waals surface area contributed by atoms with E-state index in [-0.39, 0.29) is 5.75 Å². The largest absolute Gasteiger partial charge is 0.507 e. The molecule has 0 bridgehead atoms. The second-order valence-corrected chi connectivity index (χ2v) is 4.84. The van der Waals surface area contributed by atoms with Crippen LogP contribution in [0.15, 0.2) is 22.7 Å². The lowest BCUT2D eigenvalue weighted by Gasteiger charge is -2.17. The molecule has 1 saturated carbocycles. The Kier molecular flexibility index (Phi) is 5.85. The van der Waals surface area contributed by atoms with Gasteiger partial charge in [-0.05, 0) is 47.0 Å². The lowest BCUT2D eigenvalue weighted by atomic mass is 9.87. The zero-order chi connectivity index (χ0) is 13.5. The van der Waals surface area contributed by atoms with Crippen molar-refractivity contribution >= 4 is 28.2 Å². The number of carbonyl (C=O) groups is 2. The van der Waals surface area contributed by atoms with Crippen LogP contribution in [0, 0.1) is 5.92 Å². The summed E-state index contributed by atoms with van der Waals surface area (Å²) in [5, 5.41) is 9.10. The average Bonchev–Trinajstić information content (AvgIpc) is 2.31. The Labute approximate surface area is 114 Å². The van der Waals surface area contributed by atoms with Crippen molar-refractivity contribution in [1.82, 2.24) is 0 Å². The lowest BCUT2D eigenvalue weighted by molar-refractivity contribution is -0.113. The second-order valence-electron chi connectivity index (χ2n) is 3.98. The minimum Gasteiger partial charge on any atom is -0.507 e. The molecule has 2 rings (SSSR count). The summed E-state index contributed by atoms with van der Waals surface area (Å²) in [4.78, 5) is 20.7. The molecule has 5 heteroatoms. The van der Waals surface area contributed by atoms with E-state index in [4.69, 9.17) is 5.11 Å². The number of hydrogen-bond acceptors (Lipinski definition) is 4. The number of esters is 1. The van der Waals surface area contributed by atoms with Gasteiger partial charge in [-0.1, -0.05) is 6.42 Å². The van der Waals surface area contributed by atoms with Crippen molar-refractivity contribution < 1.29 is 19.4 Å². The topological polar surface area (TPSA) is 63.6 Å². The Morgan fingerprint density at radius 2 is 2.17 bits per heavy atom. The zero-order valence-corrected chi connectivity index (χ0v) is 11.6. The van der Waals surface area contributed by atoms with Gasteiger partial charge in [-0.2, -0.15) is 0 Å². The molecule has 1 aliphatic rings. The van der Waals surface area contributed by atoms with Gasteiger partial charge in [0, 0.05) is 5.92 Å². The summed E-state index contributed by atoms with van der Waals surface area (Å²) in [6, 6.07) is 4.42. The normalized spacial score (nSPS) is 13.9. The van der Waals surface area contributed by atoms with Crippen LogP contribution >= 0.6 is 15.9 Å². The van der Waals surface area contributed by atoms with Crippen molar-refractivity contribution in [3.8, 4) is 5.75 Å². The Hall–Kier alpha value is -1.36. The van der Waals surface area contributed by atoms with E-state index >= 15 is 0 Å². The molecule has 0 aromatic heterocycles. The van der Waals surface area contributed by atoms with E-state index in [9.17, 15) is 9.59 Å². The van der Waals surface area contributed by atoms with Crippen molar-refractivity contribution in [2.45, 2.75) is 19.3 Å². The van der Waals surface area contributed by atoms with Crippen molar-refractivity contribution in [3.05, 3.63) is 28.2 Å². The first-order chi connectivity index (χ1) is 8.58. The molecule has 0 amide bonds. The molecule has 0 aliphatic heterocycles. The number of phenols is 1. The van der Waals surface area contributed by atoms with E-state index in [0.29, 0.717) is 16.0 Å². The fraction of sp³-hybridized carbons (Fsp3) is 0.385. The molecule has 4 nitrogen and oxygen atoms in total. The quantitative estimate of drug-likeness (QED) is 0.673. The fourth-order valence-corrected chi connectivity index (χ4v) is 1.71. The number of phenolic OH excluding ortho intramolecular Hbond substituents is 1. The minimum atomic E-state index is -0.421. The maximum absolute atomic E-state index is 11.0. The van der Waals surface area contributed by atoms with Crippen molar-refractivity contribution in [2.75, 3.05) is 7.11 Å². The van der Waals surface area contributed by atoms with Crippen LogP contribution < -0.4 is 0 Å². The summed E-state index contributed by atoms with van der Waals surface area (Å²) in [6.07, 6.45) is 4.61. The van der Waals surface area contributed by atoms with Crippen LogP contribution in [0.4, 0.5) is 0 Å². The highest BCUT2D eigenvalue weighted by Gasteiger charge is 2.14. The van der Waals surface area contributed by atoms with Crippen molar-refractivity contribution in [1.29, 1.82) is 0 Å². The molecule has 0 unspecified atom stereocenters. The second kappa shape index (κ2) is 7.16. The SMILES string of the molecule is COC(=O)c1ccc(O)c(Br)c1.O=CC1CCC1. The van der Waals surface area contributed by atoms with Crippen molar-refractivity contribution in [3.63, 3.8) is 0 Å². The first-order valence-electron chi connectivity index (χ1n) is 5.60. The van der Waals surface area contributed by atoms with E-state index in [1.54, 1.807) is 0 Å². The highest BCUT2D eigenvalue weighted by atomic mass is 79.9. The van der Waals surface area contributed by atoms with Gasteiger partial charge in [-0.15, -0.1) is 0 Å². The van der Waals surface area contributed by atoms with Crippen LogP contribution in [-0.2, 0) is 9.53 Å². The molecular formula is C13H15BrO4. The number of aromatic hydroxyl groups is 1. The molecule has 0 atom stereocenters. The number of hydrogen-bond donors (Lipinski definition) is 1. The Morgan fingerprint density at radius 3 is 2.50 bits per heavy atom. The van der Waals surface area contributed by atoms with E-state index in [2.05, 4.69) is 20.7 Å². The highest BCUT2D eigenvalue weighted by Crippen LogP contribution is 2.24. The van der Waals surface area contributed by atoms with Gasteiger partial charge in [0.25, 0.3) is 0 Å². The monoisotopic (exact) mass is 314 g/mol. The van der Waals surface area contributed by atoms with Gasteiger partial charge in [-0.3, -0.25) is 0 Å². The fourth-order valence-electron chi connectivity index (χ4n) is 1.33. The molecule has 98 valence electrons. The summed E-state index contributed by atoms with van der Waals surface area (Å²) in [6.45, 7) is 0. The van der Waals surface area contributed by atoms with Crippen LogP contribution in [0.3, 0.4) is 0 Å².